The van der Waals surface area contributed by atoms with E-state index in [-0.39, 0.29) is 18.1 Å². The quantitative estimate of drug-likeness (QED) is 0.931. The number of carbonyl (C=O) groups is 1. The lowest BCUT2D eigenvalue weighted by molar-refractivity contribution is -0.00546. The third-order valence-electron chi connectivity index (χ3n) is 3.90. The Bertz CT molecular complexity index is 665. The molecular weight excluding hydrogens is 304 g/mol. The van der Waals surface area contributed by atoms with Gasteiger partial charge in [-0.05, 0) is 37.6 Å². The average Bonchev–Trinajstić information content (AvgIpc) is 2.60. The van der Waals surface area contributed by atoms with Crippen LogP contribution in [0.25, 0.3) is 0 Å². The molecule has 126 valence electrons. The lowest BCUT2D eigenvalue weighted by Gasteiger charge is -2.36. The second-order valence-electron chi connectivity index (χ2n) is 6.08. The lowest BCUT2D eigenvalue weighted by atomic mass is 10.2. The first kappa shape index (κ1) is 16.4. The van der Waals surface area contributed by atoms with E-state index in [4.69, 9.17) is 4.74 Å². The van der Waals surface area contributed by atoms with E-state index in [1.165, 1.54) is 0 Å². The molecule has 1 fully saturated rings. The number of nitrogens with zero attached hydrogens (tertiary/aromatic N) is 3. The molecule has 6 nitrogen and oxygen atoms in total. The van der Waals surface area contributed by atoms with Crippen molar-refractivity contribution >= 4 is 11.7 Å². The third kappa shape index (κ3) is 4.08. The first-order valence-electron chi connectivity index (χ1n) is 8.16. The van der Waals surface area contributed by atoms with Gasteiger partial charge in [0.25, 0.3) is 5.91 Å². The van der Waals surface area contributed by atoms with Crippen LogP contribution < -0.4 is 10.2 Å². The first-order valence-corrected chi connectivity index (χ1v) is 8.16. The summed E-state index contributed by atoms with van der Waals surface area (Å²) in [5, 5.41) is 2.85. The van der Waals surface area contributed by atoms with Crippen molar-refractivity contribution in [3.05, 3.63) is 54.0 Å². The molecule has 24 heavy (non-hydrogen) atoms. The van der Waals surface area contributed by atoms with Crippen LogP contribution in [0.1, 0.15) is 29.9 Å². The Kier molecular flexibility index (Phi) is 5.05. The number of aromatic nitrogens is 2. The standard InChI is InChI=1S/C18H22N4O2/c1-13-11-22(12-14(2)24-13)17-7-6-15(9-20-17)10-21-18(23)16-5-3-4-8-19-16/h3-9,13-14H,10-12H2,1-2H3,(H,21,23)/t13-,14+. The van der Waals surface area contributed by atoms with Crippen LogP contribution in [-0.2, 0) is 11.3 Å². The number of rotatable bonds is 4. The molecule has 1 amide bonds. The third-order valence-corrected chi connectivity index (χ3v) is 3.90. The maximum absolute atomic E-state index is 12.0. The summed E-state index contributed by atoms with van der Waals surface area (Å²) in [6, 6.07) is 9.26. The maximum Gasteiger partial charge on any atom is 0.270 e. The minimum Gasteiger partial charge on any atom is -0.372 e. The lowest BCUT2D eigenvalue weighted by Crippen LogP contribution is -2.45. The molecule has 0 aliphatic carbocycles. The number of morpholine rings is 1. The van der Waals surface area contributed by atoms with Crippen LogP contribution in [0.3, 0.4) is 0 Å². The van der Waals surface area contributed by atoms with Crippen LogP contribution >= 0.6 is 0 Å². The Morgan fingerprint density at radius 1 is 1.21 bits per heavy atom. The number of nitrogens with one attached hydrogen (secondary N) is 1. The van der Waals surface area contributed by atoms with E-state index in [0.29, 0.717) is 12.2 Å². The SMILES string of the molecule is C[C@@H]1CN(c2ccc(CNC(=O)c3ccccn3)cn2)C[C@H](C)O1. The second-order valence-corrected chi connectivity index (χ2v) is 6.08. The highest BCUT2D eigenvalue weighted by molar-refractivity contribution is 5.92. The smallest absolute Gasteiger partial charge is 0.270 e. The largest absolute Gasteiger partial charge is 0.372 e. The molecular formula is C18H22N4O2. The Hall–Kier alpha value is -2.47. The van der Waals surface area contributed by atoms with Gasteiger partial charge in [0.1, 0.15) is 11.5 Å². The maximum atomic E-state index is 12.0. The molecule has 0 unspecified atom stereocenters. The van der Waals surface area contributed by atoms with Crippen LogP contribution in [0.5, 0.6) is 0 Å². The van der Waals surface area contributed by atoms with Crippen molar-refractivity contribution in [2.45, 2.75) is 32.6 Å². The Morgan fingerprint density at radius 2 is 2.00 bits per heavy atom. The number of ether oxygens (including phenoxy) is 1. The Balaban J connectivity index is 1.58. The van der Waals surface area contributed by atoms with Crippen LogP contribution in [0.2, 0.25) is 0 Å². The van der Waals surface area contributed by atoms with Crippen LogP contribution in [0, 0.1) is 0 Å². The molecule has 0 radical (unpaired) electrons. The summed E-state index contributed by atoms with van der Waals surface area (Å²) in [4.78, 5) is 22.8. The number of amides is 1. The van der Waals surface area contributed by atoms with E-state index in [1.807, 2.05) is 12.1 Å². The molecule has 3 heterocycles. The highest BCUT2D eigenvalue weighted by Crippen LogP contribution is 2.18. The summed E-state index contributed by atoms with van der Waals surface area (Å²) in [6.07, 6.45) is 3.81. The van der Waals surface area contributed by atoms with Gasteiger partial charge in [0.15, 0.2) is 0 Å². The molecule has 6 heteroatoms. The summed E-state index contributed by atoms with van der Waals surface area (Å²) in [6.45, 7) is 6.26. The van der Waals surface area contributed by atoms with Crippen molar-refractivity contribution in [2.75, 3.05) is 18.0 Å². The number of hydrogen-bond donors (Lipinski definition) is 1. The normalized spacial score (nSPS) is 20.7. The number of anilines is 1. The molecule has 1 aliphatic heterocycles. The highest BCUT2D eigenvalue weighted by atomic mass is 16.5. The van der Waals surface area contributed by atoms with Gasteiger partial charge in [-0.1, -0.05) is 12.1 Å². The van der Waals surface area contributed by atoms with Crippen LogP contribution in [0.4, 0.5) is 5.82 Å². The van der Waals surface area contributed by atoms with Crippen molar-refractivity contribution < 1.29 is 9.53 Å². The van der Waals surface area contributed by atoms with Gasteiger partial charge in [0, 0.05) is 32.0 Å². The van der Waals surface area contributed by atoms with Gasteiger partial charge in [-0.25, -0.2) is 4.98 Å². The fourth-order valence-electron chi connectivity index (χ4n) is 2.84. The minimum absolute atomic E-state index is 0.185. The van der Waals surface area contributed by atoms with Crippen molar-refractivity contribution in [1.29, 1.82) is 0 Å². The van der Waals surface area contributed by atoms with Crippen molar-refractivity contribution in [3.8, 4) is 0 Å². The highest BCUT2D eigenvalue weighted by Gasteiger charge is 2.22. The van der Waals surface area contributed by atoms with Gasteiger partial charge in [0.2, 0.25) is 0 Å². The summed E-state index contributed by atoms with van der Waals surface area (Å²) >= 11 is 0. The molecule has 0 spiro atoms. The van der Waals surface area contributed by atoms with Gasteiger partial charge < -0.3 is 15.0 Å². The molecule has 0 aromatic carbocycles. The zero-order chi connectivity index (χ0) is 16.9. The number of pyridine rings is 2. The predicted octanol–water partition coefficient (Wildman–Crippen LogP) is 2.02. The molecule has 1 N–H and O–H groups in total. The molecule has 2 aromatic heterocycles. The Morgan fingerprint density at radius 3 is 2.62 bits per heavy atom. The van der Waals surface area contributed by atoms with E-state index >= 15 is 0 Å². The number of carbonyl (C=O) groups excluding carboxylic acids is 1. The molecule has 1 aliphatic rings. The van der Waals surface area contributed by atoms with Gasteiger partial charge in [-0.2, -0.15) is 0 Å². The van der Waals surface area contributed by atoms with Crippen molar-refractivity contribution in [1.82, 2.24) is 15.3 Å². The molecule has 3 rings (SSSR count). The van der Waals surface area contributed by atoms with Gasteiger partial charge in [-0.3, -0.25) is 9.78 Å². The average molecular weight is 326 g/mol. The van der Waals surface area contributed by atoms with E-state index in [9.17, 15) is 4.79 Å². The fourth-order valence-corrected chi connectivity index (χ4v) is 2.84. The van der Waals surface area contributed by atoms with Crippen molar-refractivity contribution in [2.24, 2.45) is 0 Å². The monoisotopic (exact) mass is 326 g/mol. The van der Waals surface area contributed by atoms with Gasteiger partial charge in [-0.15, -0.1) is 0 Å². The zero-order valence-corrected chi connectivity index (χ0v) is 14.0. The Labute approximate surface area is 141 Å². The van der Waals surface area contributed by atoms with Gasteiger partial charge >= 0.3 is 0 Å². The van der Waals surface area contributed by atoms with Crippen LogP contribution in [-0.4, -0.2) is 41.2 Å². The number of hydrogen-bond acceptors (Lipinski definition) is 5. The van der Waals surface area contributed by atoms with E-state index in [2.05, 4.69) is 34.0 Å². The van der Waals surface area contributed by atoms with Gasteiger partial charge in [0.05, 0.1) is 12.2 Å². The topological polar surface area (TPSA) is 67.4 Å². The molecule has 2 aromatic rings. The molecule has 1 saturated heterocycles. The summed E-state index contributed by atoms with van der Waals surface area (Å²) in [5.74, 6) is 0.757. The molecule has 2 atom stereocenters. The summed E-state index contributed by atoms with van der Waals surface area (Å²) in [5.41, 5.74) is 1.37. The van der Waals surface area contributed by atoms with E-state index in [1.54, 1.807) is 30.6 Å². The van der Waals surface area contributed by atoms with Crippen molar-refractivity contribution in [3.63, 3.8) is 0 Å². The summed E-state index contributed by atoms with van der Waals surface area (Å²) < 4.78 is 5.75. The predicted molar refractivity (Wildman–Crippen MR) is 91.9 cm³/mol. The van der Waals surface area contributed by atoms with E-state index < -0.39 is 0 Å². The molecule has 0 saturated carbocycles. The van der Waals surface area contributed by atoms with E-state index in [0.717, 1.165) is 24.5 Å². The van der Waals surface area contributed by atoms with Crippen LogP contribution in [0.15, 0.2) is 42.7 Å². The summed E-state index contributed by atoms with van der Waals surface area (Å²) in [7, 11) is 0. The minimum atomic E-state index is -0.185. The first-order chi connectivity index (χ1) is 11.6. The fraction of sp³-hybridized carbons (Fsp3) is 0.389. The second kappa shape index (κ2) is 7.40. The zero-order valence-electron chi connectivity index (χ0n) is 14.0. The molecule has 0 bridgehead atoms.